The van der Waals surface area contributed by atoms with Crippen LogP contribution in [0.4, 0.5) is 0 Å². The normalized spacial score (nSPS) is 11.5. The summed E-state index contributed by atoms with van der Waals surface area (Å²) in [7, 11) is 0. The molecule has 3 heterocycles. The number of pyridine rings is 1. The molecular formula is C36H22N4. The lowest BCUT2D eigenvalue weighted by Crippen LogP contribution is -2.00. The Balaban J connectivity index is 1.42. The Kier molecular flexibility index (Phi) is 4.85. The highest BCUT2D eigenvalue weighted by Gasteiger charge is 2.18. The molecular weight excluding hydrogens is 488 g/mol. The van der Waals surface area contributed by atoms with Gasteiger partial charge in [-0.1, -0.05) is 66.7 Å². The standard InChI is InChI=1S/C36H22N4/c37-23-24-18-19-35(40-34-17-6-3-13-29(34)30-14-8-20-38-36(30)40)31(21-24)25-9-7-10-26(22-25)39-32-15-4-1-11-27(32)28-12-2-5-16-33(28)39/h1-22H. The molecule has 8 aromatic rings. The van der Waals surface area contributed by atoms with Crippen LogP contribution in [-0.4, -0.2) is 14.1 Å². The van der Waals surface area contributed by atoms with Crippen molar-refractivity contribution in [3.8, 4) is 28.6 Å². The number of rotatable bonds is 3. The number of hydrogen-bond donors (Lipinski definition) is 0. The Morgan fingerprint density at radius 1 is 0.550 bits per heavy atom. The van der Waals surface area contributed by atoms with Crippen molar-refractivity contribution in [1.29, 1.82) is 5.26 Å². The number of aromatic nitrogens is 3. The van der Waals surface area contributed by atoms with E-state index >= 15 is 0 Å². The monoisotopic (exact) mass is 510 g/mol. The van der Waals surface area contributed by atoms with E-state index in [0.717, 1.165) is 44.4 Å². The molecule has 0 aliphatic carbocycles. The van der Waals surface area contributed by atoms with Crippen LogP contribution in [0.3, 0.4) is 0 Å². The van der Waals surface area contributed by atoms with Gasteiger partial charge in [0.15, 0.2) is 0 Å². The second-order valence-corrected chi connectivity index (χ2v) is 9.99. The molecule has 5 aromatic carbocycles. The predicted octanol–water partition coefficient (Wildman–Crippen LogP) is 8.81. The van der Waals surface area contributed by atoms with Crippen LogP contribution in [-0.2, 0) is 0 Å². The predicted molar refractivity (Wildman–Crippen MR) is 163 cm³/mol. The Morgan fingerprint density at radius 3 is 1.88 bits per heavy atom. The van der Waals surface area contributed by atoms with Crippen LogP contribution in [0.2, 0.25) is 0 Å². The molecule has 40 heavy (non-hydrogen) atoms. The first-order valence-electron chi connectivity index (χ1n) is 13.3. The molecule has 0 saturated carbocycles. The summed E-state index contributed by atoms with van der Waals surface area (Å²) in [4.78, 5) is 4.79. The van der Waals surface area contributed by atoms with Gasteiger partial charge >= 0.3 is 0 Å². The fourth-order valence-electron chi connectivity index (χ4n) is 6.08. The molecule has 0 N–H and O–H groups in total. The van der Waals surface area contributed by atoms with Gasteiger partial charge in [0.1, 0.15) is 5.65 Å². The molecule has 4 nitrogen and oxygen atoms in total. The van der Waals surface area contributed by atoms with Gasteiger partial charge in [-0.2, -0.15) is 5.26 Å². The molecule has 8 rings (SSSR count). The summed E-state index contributed by atoms with van der Waals surface area (Å²) in [5, 5.41) is 14.6. The van der Waals surface area contributed by atoms with E-state index in [9.17, 15) is 5.26 Å². The highest BCUT2D eigenvalue weighted by atomic mass is 15.0. The molecule has 0 atom stereocenters. The van der Waals surface area contributed by atoms with Gasteiger partial charge < -0.3 is 4.57 Å². The molecule has 0 saturated heterocycles. The number of nitriles is 1. The van der Waals surface area contributed by atoms with Gasteiger partial charge in [-0.05, 0) is 66.2 Å². The molecule has 0 amide bonds. The maximum Gasteiger partial charge on any atom is 0.145 e. The van der Waals surface area contributed by atoms with Crippen LogP contribution in [0, 0.1) is 11.3 Å². The summed E-state index contributed by atoms with van der Waals surface area (Å²) in [6.07, 6.45) is 1.84. The topological polar surface area (TPSA) is 46.5 Å². The minimum atomic E-state index is 0.620. The van der Waals surface area contributed by atoms with Gasteiger partial charge in [-0.3, -0.25) is 4.57 Å². The first kappa shape index (κ1) is 22.3. The highest BCUT2D eigenvalue weighted by Crippen LogP contribution is 2.37. The van der Waals surface area contributed by atoms with E-state index in [4.69, 9.17) is 4.98 Å². The van der Waals surface area contributed by atoms with Gasteiger partial charge in [0.25, 0.3) is 0 Å². The highest BCUT2D eigenvalue weighted by molar-refractivity contribution is 6.10. The quantitative estimate of drug-likeness (QED) is 0.238. The lowest BCUT2D eigenvalue weighted by Gasteiger charge is -2.15. The van der Waals surface area contributed by atoms with Crippen LogP contribution >= 0.6 is 0 Å². The largest absolute Gasteiger partial charge is 0.309 e. The maximum absolute atomic E-state index is 9.84. The maximum atomic E-state index is 9.84. The van der Waals surface area contributed by atoms with Gasteiger partial charge in [0.05, 0.1) is 33.9 Å². The fourth-order valence-corrected chi connectivity index (χ4v) is 6.08. The van der Waals surface area contributed by atoms with Crippen LogP contribution in [0.1, 0.15) is 5.56 Å². The first-order valence-corrected chi connectivity index (χ1v) is 13.3. The summed E-state index contributed by atoms with van der Waals surface area (Å²) < 4.78 is 4.54. The van der Waals surface area contributed by atoms with E-state index in [2.05, 4.69) is 118 Å². The van der Waals surface area contributed by atoms with Crippen molar-refractivity contribution < 1.29 is 0 Å². The zero-order chi connectivity index (χ0) is 26.6. The lowest BCUT2D eigenvalue weighted by atomic mass is 10.00. The average molecular weight is 511 g/mol. The van der Waals surface area contributed by atoms with Crippen molar-refractivity contribution in [3.63, 3.8) is 0 Å². The Labute approximate surface area is 230 Å². The van der Waals surface area contributed by atoms with Gasteiger partial charge in [0, 0.05) is 39.0 Å². The molecule has 3 aromatic heterocycles. The Hall–Kier alpha value is -5.66. The van der Waals surface area contributed by atoms with Crippen LogP contribution in [0.15, 0.2) is 134 Å². The molecule has 0 unspecified atom stereocenters. The van der Waals surface area contributed by atoms with Crippen molar-refractivity contribution in [2.24, 2.45) is 0 Å². The van der Waals surface area contributed by atoms with Crippen molar-refractivity contribution in [1.82, 2.24) is 14.1 Å². The SMILES string of the molecule is N#Cc1ccc(-n2c3ccccc3c3cccnc32)c(-c2cccc(-n3c4ccccc4c4ccccc43)c2)c1. The number of benzene rings is 5. The third-order valence-corrected chi connectivity index (χ3v) is 7.80. The van der Waals surface area contributed by atoms with E-state index in [1.54, 1.807) is 0 Å². The van der Waals surface area contributed by atoms with Crippen LogP contribution < -0.4 is 0 Å². The second-order valence-electron chi connectivity index (χ2n) is 9.99. The third-order valence-electron chi connectivity index (χ3n) is 7.80. The number of para-hydroxylation sites is 3. The summed E-state index contributed by atoms with van der Waals surface area (Å²) in [6, 6.07) is 46.4. The molecule has 186 valence electrons. The molecule has 0 spiro atoms. The van der Waals surface area contributed by atoms with Gasteiger partial charge in [-0.25, -0.2) is 4.98 Å². The minimum absolute atomic E-state index is 0.620. The number of hydrogen-bond acceptors (Lipinski definition) is 2. The average Bonchev–Trinajstić information content (AvgIpc) is 3.54. The fraction of sp³-hybridized carbons (Fsp3) is 0. The van der Waals surface area contributed by atoms with Crippen LogP contribution in [0.5, 0.6) is 0 Å². The van der Waals surface area contributed by atoms with Crippen molar-refractivity contribution in [2.75, 3.05) is 0 Å². The van der Waals surface area contributed by atoms with Crippen molar-refractivity contribution in [2.45, 2.75) is 0 Å². The molecule has 4 heteroatoms. The molecule has 0 fully saturated rings. The third kappa shape index (κ3) is 3.22. The molecule has 0 aliphatic heterocycles. The second kappa shape index (κ2) is 8.69. The van der Waals surface area contributed by atoms with Crippen LogP contribution in [0.25, 0.3) is 66.2 Å². The summed E-state index contributed by atoms with van der Waals surface area (Å²) in [6.45, 7) is 0. The van der Waals surface area contributed by atoms with Gasteiger partial charge in [-0.15, -0.1) is 0 Å². The molecule has 0 aliphatic rings. The zero-order valence-electron chi connectivity index (χ0n) is 21.5. The van der Waals surface area contributed by atoms with Crippen molar-refractivity contribution in [3.05, 3.63) is 139 Å². The van der Waals surface area contributed by atoms with E-state index < -0.39 is 0 Å². The summed E-state index contributed by atoms with van der Waals surface area (Å²) >= 11 is 0. The van der Waals surface area contributed by atoms with E-state index in [1.165, 1.54) is 21.8 Å². The van der Waals surface area contributed by atoms with E-state index in [-0.39, 0.29) is 0 Å². The van der Waals surface area contributed by atoms with Crippen molar-refractivity contribution >= 4 is 43.7 Å². The molecule has 0 radical (unpaired) electrons. The Bertz CT molecular complexity index is 2190. The van der Waals surface area contributed by atoms with E-state index in [0.29, 0.717) is 5.56 Å². The molecule has 0 bridgehead atoms. The summed E-state index contributed by atoms with van der Waals surface area (Å²) in [5.41, 5.74) is 9.01. The van der Waals surface area contributed by atoms with Gasteiger partial charge in [0.2, 0.25) is 0 Å². The van der Waals surface area contributed by atoms with E-state index in [1.807, 2.05) is 30.5 Å². The number of nitrogens with zero attached hydrogens (tertiary/aromatic N) is 4. The first-order chi connectivity index (χ1) is 19.8. The summed E-state index contributed by atoms with van der Waals surface area (Å²) in [5.74, 6) is 0. The zero-order valence-corrected chi connectivity index (χ0v) is 21.5. The number of fused-ring (bicyclic) bond motifs is 6. The minimum Gasteiger partial charge on any atom is -0.309 e. The Morgan fingerprint density at radius 2 is 1.18 bits per heavy atom. The lowest BCUT2D eigenvalue weighted by molar-refractivity contribution is 1.13. The smallest absolute Gasteiger partial charge is 0.145 e.